The zero-order chi connectivity index (χ0) is 14.8. The largest absolute Gasteiger partial charge is 0.286 e. The smallest absolute Gasteiger partial charge is 0.0246 e. The van der Waals surface area contributed by atoms with Gasteiger partial charge in [-0.15, -0.1) is 0 Å². The maximum Gasteiger partial charge on any atom is -0.0246 e. The van der Waals surface area contributed by atoms with E-state index in [1.54, 1.807) is 0 Å². The molecule has 0 aliphatic carbocycles. The molecule has 0 saturated carbocycles. The van der Waals surface area contributed by atoms with E-state index in [2.05, 4.69) is 40.2 Å². The van der Waals surface area contributed by atoms with Crippen LogP contribution in [0.3, 0.4) is 0 Å². The fourth-order valence-electron chi connectivity index (χ4n) is 3.35. The summed E-state index contributed by atoms with van der Waals surface area (Å²) in [7, 11) is -1.38. The van der Waals surface area contributed by atoms with Gasteiger partial charge in [-0.1, -0.05) is 72.6 Å². The Morgan fingerprint density at radius 1 is 0.684 bits per heavy atom. The lowest BCUT2D eigenvalue weighted by Gasteiger charge is -2.60. The van der Waals surface area contributed by atoms with Crippen LogP contribution in [0.2, 0.25) is 0 Å². The van der Waals surface area contributed by atoms with Gasteiger partial charge in [0.1, 0.15) is 0 Å². The molecule has 0 N–H and O–H groups in total. The van der Waals surface area contributed by atoms with Gasteiger partial charge < -0.3 is 0 Å². The minimum Gasteiger partial charge on any atom is -0.286 e. The van der Waals surface area contributed by atoms with Crippen molar-refractivity contribution in [3.63, 3.8) is 0 Å². The summed E-state index contributed by atoms with van der Waals surface area (Å²) in [5.74, 6) is 2.88. The van der Waals surface area contributed by atoms with Crippen molar-refractivity contribution in [1.82, 2.24) is 0 Å². The summed E-state index contributed by atoms with van der Waals surface area (Å²) >= 11 is 0. The van der Waals surface area contributed by atoms with Crippen molar-refractivity contribution in [3.05, 3.63) is 0 Å². The summed E-state index contributed by atoms with van der Waals surface area (Å²) in [6.07, 6.45) is 18.4. The first-order valence-corrected chi connectivity index (χ1v) is 12.5. The van der Waals surface area contributed by atoms with Gasteiger partial charge in [0, 0.05) is 0 Å². The van der Waals surface area contributed by atoms with E-state index in [4.69, 9.17) is 0 Å². The SMILES string of the molecule is CCCCCCCCCC(CC)[SH](C)(C)(CC)CC. The molecule has 0 fully saturated rings. The van der Waals surface area contributed by atoms with E-state index in [9.17, 15) is 0 Å². The first-order chi connectivity index (χ1) is 8.93. The van der Waals surface area contributed by atoms with Crippen LogP contribution >= 0.6 is 9.16 Å². The predicted octanol–water partition coefficient (Wildman–Crippen LogP) is 6.28. The summed E-state index contributed by atoms with van der Waals surface area (Å²) in [5, 5.41) is 1.02. The van der Waals surface area contributed by atoms with Crippen LogP contribution in [0.1, 0.15) is 85.5 Å². The topological polar surface area (TPSA) is 0 Å². The molecule has 0 aliphatic heterocycles. The van der Waals surface area contributed by atoms with E-state index in [0.29, 0.717) is 0 Å². The van der Waals surface area contributed by atoms with Gasteiger partial charge in [-0.05, 0) is 42.1 Å². The average molecular weight is 291 g/mol. The Morgan fingerprint density at radius 3 is 1.58 bits per heavy atom. The minimum absolute atomic E-state index is 1.02. The van der Waals surface area contributed by atoms with Gasteiger partial charge in [-0.25, -0.2) is 0 Å². The van der Waals surface area contributed by atoms with Gasteiger partial charge in [0.05, 0.1) is 0 Å². The molecule has 19 heavy (non-hydrogen) atoms. The Hall–Kier alpha value is 0.350. The van der Waals surface area contributed by atoms with Crippen LogP contribution in [0, 0.1) is 0 Å². The fraction of sp³-hybridized carbons (Fsp3) is 1.00. The van der Waals surface area contributed by atoms with Gasteiger partial charge in [0.15, 0.2) is 0 Å². The molecule has 0 bridgehead atoms. The number of thiol groups is 1. The Bertz CT molecular complexity index is 212. The Balaban J connectivity index is 4.01. The van der Waals surface area contributed by atoms with Crippen LogP contribution in [-0.2, 0) is 0 Å². The molecular weight excluding hydrogens is 248 g/mol. The molecule has 0 aromatic carbocycles. The third kappa shape index (κ3) is 6.56. The maximum atomic E-state index is 2.65. The van der Waals surface area contributed by atoms with Gasteiger partial charge in [-0.3, -0.25) is 9.16 Å². The van der Waals surface area contributed by atoms with E-state index < -0.39 is 9.16 Å². The maximum absolute atomic E-state index is 2.65. The summed E-state index contributed by atoms with van der Waals surface area (Å²) in [5.41, 5.74) is 0. The molecule has 0 aromatic rings. The summed E-state index contributed by atoms with van der Waals surface area (Å²) < 4.78 is 0. The monoisotopic (exact) mass is 290 g/mol. The summed E-state index contributed by atoms with van der Waals surface area (Å²) in [4.78, 5) is 0. The highest BCUT2D eigenvalue weighted by molar-refractivity contribution is 8.49. The lowest BCUT2D eigenvalue weighted by atomic mass is 10.1. The molecule has 0 aliphatic rings. The van der Waals surface area contributed by atoms with Gasteiger partial charge >= 0.3 is 0 Å². The molecule has 0 nitrogen and oxygen atoms in total. The predicted molar refractivity (Wildman–Crippen MR) is 98.6 cm³/mol. The lowest BCUT2D eigenvalue weighted by molar-refractivity contribution is 0.564. The third-order valence-corrected chi connectivity index (χ3v) is 13.2. The average Bonchev–Trinajstić information content (AvgIpc) is 2.42. The number of hydrogen-bond acceptors (Lipinski definition) is 0. The Kier molecular flexibility index (Phi) is 9.49. The first-order valence-electron chi connectivity index (χ1n) is 8.93. The van der Waals surface area contributed by atoms with E-state index in [0.717, 1.165) is 5.25 Å². The Labute approximate surface area is 124 Å². The second kappa shape index (κ2) is 9.32. The van der Waals surface area contributed by atoms with Crippen molar-refractivity contribution in [2.24, 2.45) is 0 Å². The van der Waals surface area contributed by atoms with E-state index in [-0.39, 0.29) is 0 Å². The Morgan fingerprint density at radius 2 is 1.16 bits per heavy atom. The molecule has 0 rings (SSSR count). The van der Waals surface area contributed by atoms with Gasteiger partial charge in [0.2, 0.25) is 0 Å². The zero-order valence-corrected chi connectivity index (χ0v) is 15.7. The second-order valence-corrected chi connectivity index (χ2v) is 15.1. The number of unbranched alkanes of at least 4 members (excludes halogenated alkanes) is 6. The molecule has 0 saturated heterocycles. The van der Waals surface area contributed by atoms with Crippen LogP contribution in [0.15, 0.2) is 0 Å². The first kappa shape index (κ1) is 19.4. The highest BCUT2D eigenvalue weighted by Crippen LogP contribution is 2.68. The molecule has 0 spiro atoms. The van der Waals surface area contributed by atoms with Crippen molar-refractivity contribution in [2.75, 3.05) is 24.0 Å². The van der Waals surface area contributed by atoms with Crippen molar-refractivity contribution >= 4 is 9.16 Å². The van der Waals surface area contributed by atoms with Crippen LogP contribution in [-0.4, -0.2) is 29.3 Å². The number of hydrogen-bond donors (Lipinski definition) is 1. The molecule has 0 radical (unpaired) electrons. The summed E-state index contributed by atoms with van der Waals surface area (Å²) in [6, 6.07) is 0. The van der Waals surface area contributed by atoms with E-state index in [1.165, 1.54) is 69.3 Å². The third-order valence-electron chi connectivity index (χ3n) is 5.94. The van der Waals surface area contributed by atoms with Crippen LogP contribution in [0.5, 0.6) is 0 Å². The molecule has 1 unspecified atom stereocenters. The highest BCUT2D eigenvalue weighted by atomic mass is 32.3. The van der Waals surface area contributed by atoms with Crippen molar-refractivity contribution < 1.29 is 0 Å². The summed E-state index contributed by atoms with van der Waals surface area (Å²) in [6.45, 7) is 9.60. The molecule has 1 atom stereocenters. The van der Waals surface area contributed by atoms with Crippen molar-refractivity contribution in [3.8, 4) is 0 Å². The van der Waals surface area contributed by atoms with Crippen LogP contribution in [0.4, 0.5) is 0 Å². The molecule has 0 amide bonds. The standard InChI is InChI=1S/C18H42S/c1-7-11-12-13-14-15-16-17-18(8-2)19(5,6,9-3)10-4/h18-19H,7-17H2,1-6H3. The van der Waals surface area contributed by atoms with Crippen molar-refractivity contribution in [1.29, 1.82) is 0 Å². The lowest BCUT2D eigenvalue weighted by Crippen LogP contribution is -2.33. The quantitative estimate of drug-likeness (QED) is 0.317. The molecule has 1 heteroatoms. The van der Waals surface area contributed by atoms with Gasteiger partial charge in [-0.2, -0.15) is 0 Å². The highest BCUT2D eigenvalue weighted by Gasteiger charge is 2.34. The fourth-order valence-corrected chi connectivity index (χ4v) is 7.14. The molecule has 120 valence electrons. The van der Waals surface area contributed by atoms with E-state index in [1.807, 2.05) is 0 Å². The van der Waals surface area contributed by atoms with E-state index >= 15 is 0 Å². The molecule has 0 heterocycles. The van der Waals surface area contributed by atoms with Crippen LogP contribution < -0.4 is 0 Å². The molecule has 0 aromatic heterocycles. The van der Waals surface area contributed by atoms with Crippen LogP contribution in [0.25, 0.3) is 0 Å². The van der Waals surface area contributed by atoms with Gasteiger partial charge in [0.25, 0.3) is 0 Å². The minimum atomic E-state index is -1.38. The number of rotatable bonds is 12. The molecular formula is C18H42S. The van der Waals surface area contributed by atoms with Crippen molar-refractivity contribution in [2.45, 2.75) is 90.7 Å². The normalized spacial score (nSPS) is 16.0. The second-order valence-electron chi connectivity index (χ2n) is 7.42. The zero-order valence-electron chi connectivity index (χ0n) is 14.8.